The molecule has 1 aromatic carbocycles. The van der Waals surface area contributed by atoms with Crippen LogP contribution in [0.2, 0.25) is 0 Å². The minimum Gasteiger partial charge on any atom is -0.480 e. The molecule has 0 aliphatic rings. The normalized spacial score (nSPS) is 12.7. The van der Waals surface area contributed by atoms with E-state index in [9.17, 15) is 24.3 Å². The molecular formula is C21H30N2O6S. The van der Waals surface area contributed by atoms with Gasteiger partial charge in [-0.25, -0.2) is 19.3 Å². The molecular weight excluding hydrogens is 408 g/mol. The number of imide groups is 1. The van der Waals surface area contributed by atoms with Gasteiger partial charge in [0.2, 0.25) is 5.91 Å². The molecule has 0 aliphatic carbocycles. The zero-order chi connectivity index (χ0) is 22.8. The number of aliphatic carboxylic acids is 1. The predicted molar refractivity (Wildman–Crippen MR) is 117 cm³/mol. The lowest BCUT2D eigenvalue weighted by Crippen LogP contribution is -2.53. The zero-order valence-corrected chi connectivity index (χ0v) is 18.6. The number of benzene rings is 1. The highest BCUT2D eigenvalue weighted by atomic mass is 32.1. The standard InChI is InChI=1S/C21H30N2O6S/c1-5-6-7-17(30)18(24)23(16(19(25)26)12-13(2)3)21(28)22-15-10-8-14(9-11-15)20(27)29-4/h8-11,13,16-17,30H,5-7,12H2,1-4H3,(H,22,28)(H,25,26)/t16-,17?/m0/s1. The van der Waals surface area contributed by atoms with Crippen molar-refractivity contribution >= 4 is 42.2 Å². The van der Waals surface area contributed by atoms with Gasteiger partial charge in [-0.1, -0.05) is 33.6 Å². The number of hydrogen-bond acceptors (Lipinski definition) is 6. The third-order valence-corrected chi connectivity index (χ3v) is 4.90. The number of carbonyl (C=O) groups excluding carboxylic acids is 3. The SMILES string of the molecule is CCCCC(S)C(=O)N(C(=O)Nc1ccc(C(=O)OC)cc1)[C@@H](CC(C)C)C(=O)O. The van der Waals surface area contributed by atoms with Crippen molar-refractivity contribution in [1.29, 1.82) is 0 Å². The molecule has 0 aliphatic heterocycles. The third kappa shape index (κ3) is 7.37. The Morgan fingerprint density at radius 1 is 1.17 bits per heavy atom. The van der Waals surface area contributed by atoms with Crippen LogP contribution in [0, 0.1) is 5.92 Å². The largest absolute Gasteiger partial charge is 0.480 e. The van der Waals surface area contributed by atoms with Gasteiger partial charge in [0.05, 0.1) is 17.9 Å². The van der Waals surface area contributed by atoms with Crippen molar-refractivity contribution in [2.45, 2.75) is 57.7 Å². The van der Waals surface area contributed by atoms with Crippen molar-refractivity contribution in [3.05, 3.63) is 29.8 Å². The van der Waals surface area contributed by atoms with Crippen molar-refractivity contribution in [3.8, 4) is 0 Å². The summed E-state index contributed by atoms with van der Waals surface area (Å²) in [6.45, 7) is 5.60. The van der Waals surface area contributed by atoms with Gasteiger partial charge in [-0.2, -0.15) is 12.6 Å². The van der Waals surface area contributed by atoms with Crippen molar-refractivity contribution in [3.63, 3.8) is 0 Å². The molecule has 0 saturated carbocycles. The summed E-state index contributed by atoms with van der Waals surface area (Å²) >= 11 is 4.30. The highest BCUT2D eigenvalue weighted by molar-refractivity contribution is 7.81. The van der Waals surface area contributed by atoms with E-state index in [1.807, 2.05) is 20.8 Å². The molecule has 0 heterocycles. The van der Waals surface area contributed by atoms with Crippen LogP contribution < -0.4 is 5.32 Å². The molecule has 30 heavy (non-hydrogen) atoms. The van der Waals surface area contributed by atoms with Gasteiger partial charge < -0.3 is 15.2 Å². The van der Waals surface area contributed by atoms with Gasteiger partial charge in [-0.15, -0.1) is 0 Å². The molecule has 3 amide bonds. The van der Waals surface area contributed by atoms with Gasteiger partial charge in [-0.3, -0.25) is 4.79 Å². The van der Waals surface area contributed by atoms with Crippen LogP contribution in [0.15, 0.2) is 24.3 Å². The molecule has 0 bridgehead atoms. The maximum atomic E-state index is 13.0. The second kappa shape index (κ2) is 12.2. The Labute approximate surface area is 182 Å². The molecule has 0 saturated heterocycles. The molecule has 1 rings (SSSR count). The first kappa shape index (κ1) is 25.5. The number of nitrogens with zero attached hydrogens (tertiary/aromatic N) is 1. The summed E-state index contributed by atoms with van der Waals surface area (Å²) in [5.74, 6) is -2.49. The molecule has 1 unspecified atom stereocenters. The van der Waals surface area contributed by atoms with E-state index in [-0.39, 0.29) is 12.3 Å². The molecule has 0 fully saturated rings. The van der Waals surface area contributed by atoms with Gasteiger partial charge in [0, 0.05) is 5.69 Å². The molecule has 166 valence electrons. The summed E-state index contributed by atoms with van der Waals surface area (Å²) in [5.41, 5.74) is 0.602. The second-order valence-electron chi connectivity index (χ2n) is 7.35. The Balaban J connectivity index is 3.15. The summed E-state index contributed by atoms with van der Waals surface area (Å²) in [7, 11) is 1.26. The fraction of sp³-hybridized carbons (Fsp3) is 0.524. The van der Waals surface area contributed by atoms with Crippen LogP contribution >= 0.6 is 12.6 Å². The molecule has 2 atom stereocenters. The quantitative estimate of drug-likeness (QED) is 0.378. The number of anilines is 1. The molecule has 2 N–H and O–H groups in total. The van der Waals surface area contributed by atoms with Gasteiger partial charge in [0.15, 0.2) is 0 Å². The Morgan fingerprint density at radius 3 is 2.23 bits per heavy atom. The minimum absolute atomic E-state index is 0.0532. The van der Waals surface area contributed by atoms with Crippen LogP contribution in [0.1, 0.15) is 56.8 Å². The summed E-state index contributed by atoms with van der Waals surface area (Å²) < 4.78 is 4.63. The van der Waals surface area contributed by atoms with Gasteiger partial charge in [0.25, 0.3) is 0 Å². The molecule has 9 heteroatoms. The lowest BCUT2D eigenvalue weighted by molar-refractivity contribution is -0.148. The number of thiol groups is 1. The van der Waals surface area contributed by atoms with Gasteiger partial charge >= 0.3 is 18.0 Å². The number of carboxylic acid groups (broad SMARTS) is 1. The van der Waals surface area contributed by atoms with E-state index in [1.165, 1.54) is 31.4 Å². The van der Waals surface area contributed by atoms with Crippen LogP contribution in [-0.4, -0.2) is 52.3 Å². The number of unbranched alkanes of at least 4 members (excludes halogenated alkanes) is 1. The lowest BCUT2D eigenvalue weighted by atomic mass is 10.0. The van der Waals surface area contributed by atoms with E-state index >= 15 is 0 Å². The first-order valence-corrected chi connectivity index (χ1v) is 10.4. The topological polar surface area (TPSA) is 113 Å². The monoisotopic (exact) mass is 438 g/mol. The minimum atomic E-state index is -1.32. The van der Waals surface area contributed by atoms with Crippen molar-refractivity contribution in [2.75, 3.05) is 12.4 Å². The smallest absolute Gasteiger partial charge is 0.337 e. The Kier molecular flexibility index (Phi) is 10.4. The number of carboxylic acids is 1. The summed E-state index contributed by atoms with van der Waals surface area (Å²) in [6, 6.07) is 3.69. The van der Waals surface area contributed by atoms with E-state index in [2.05, 4.69) is 22.7 Å². The van der Waals surface area contributed by atoms with Crippen molar-refractivity contribution < 1.29 is 29.0 Å². The van der Waals surface area contributed by atoms with E-state index in [0.717, 1.165) is 17.7 Å². The van der Waals surface area contributed by atoms with Crippen LogP contribution in [0.3, 0.4) is 0 Å². The van der Waals surface area contributed by atoms with Crippen molar-refractivity contribution in [2.24, 2.45) is 5.92 Å². The number of amides is 3. The number of methoxy groups -OCH3 is 1. The number of ether oxygens (including phenoxy) is 1. The zero-order valence-electron chi connectivity index (χ0n) is 17.8. The summed E-state index contributed by atoms with van der Waals surface area (Å²) in [5, 5.41) is 11.4. The average molecular weight is 439 g/mol. The number of hydrogen-bond donors (Lipinski definition) is 3. The van der Waals surface area contributed by atoms with Gasteiger partial charge in [0.1, 0.15) is 6.04 Å². The molecule has 1 aromatic rings. The number of carbonyl (C=O) groups is 4. The molecule has 0 radical (unpaired) electrons. The average Bonchev–Trinajstić information content (AvgIpc) is 2.70. The second-order valence-corrected chi connectivity index (χ2v) is 7.97. The Morgan fingerprint density at radius 2 is 1.77 bits per heavy atom. The van der Waals surface area contributed by atoms with Gasteiger partial charge in [-0.05, 0) is 43.0 Å². The number of rotatable bonds is 10. The maximum absolute atomic E-state index is 13.0. The van der Waals surface area contributed by atoms with E-state index in [4.69, 9.17) is 0 Å². The summed E-state index contributed by atoms with van der Waals surface area (Å²) in [4.78, 5) is 50.1. The van der Waals surface area contributed by atoms with Crippen LogP contribution in [-0.2, 0) is 14.3 Å². The fourth-order valence-electron chi connectivity index (χ4n) is 2.83. The third-order valence-electron chi connectivity index (χ3n) is 4.42. The van der Waals surface area contributed by atoms with Crippen LogP contribution in [0.5, 0.6) is 0 Å². The Hall–Kier alpha value is -2.55. The van der Waals surface area contributed by atoms with Crippen molar-refractivity contribution in [1.82, 2.24) is 4.90 Å². The number of nitrogens with one attached hydrogen (secondary N) is 1. The first-order valence-electron chi connectivity index (χ1n) is 9.85. The fourth-order valence-corrected chi connectivity index (χ4v) is 3.14. The van der Waals surface area contributed by atoms with Crippen LogP contribution in [0.4, 0.5) is 10.5 Å². The Bertz CT molecular complexity index is 750. The van der Waals surface area contributed by atoms with E-state index in [1.54, 1.807) is 0 Å². The summed E-state index contributed by atoms with van der Waals surface area (Å²) in [6.07, 6.45) is 2.12. The first-order chi connectivity index (χ1) is 14.1. The molecule has 8 nitrogen and oxygen atoms in total. The lowest BCUT2D eigenvalue weighted by Gasteiger charge is -2.30. The number of esters is 1. The maximum Gasteiger partial charge on any atom is 0.337 e. The van der Waals surface area contributed by atoms with E-state index < -0.39 is 35.2 Å². The highest BCUT2D eigenvalue weighted by Crippen LogP contribution is 2.20. The van der Waals surface area contributed by atoms with E-state index in [0.29, 0.717) is 17.7 Å². The highest BCUT2D eigenvalue weighted by Gasteiger charge is 2.37. The number of urea groups is 1. The van der Waals surface area contributed by atoms with Crippen LogP contribution in [0.25, 0.3) is 0 Å². The predicted octanol–water partition coefficient (Wildman–Crippen LogP) is 3.82. The molecule has 0 spiro atoms. The molecule has 0 aromatic heterocycles.